The lowest BCUT2D eigenvalue weighted by molar-refractivity contribution is -0.181. The van der Waals surface area contributed by atoms with Gasteiger partial charge in [-0.25, -0.2) is 0 Å². The molecule has 0 aliphatic carbocycles. The fourth-order valence-electron chi connectivity index (χ4n) is 2.16. The molecule has 1 aromatic carbocycles. The number of carbonyl (C=O) groups is 1. The van der Waals surface area contributed by atoms with Crippen LogP contribution in [-0.2, 0) is 15.1 Å². The Hall–Kier alpha value is -1.61. The van der Waals surface area contributed by atoms with Gasteiger partial charge in [0, 0.05) is 5.56 Å². The second-order valence-corrected chi connectivity index (χ2v) is 4.36. The zero-order chi connectivity index (χ0) is 11.3. The number of hydrogen-bond acceptors (Lipinski definition) is 3. The first kappa shape index (κ1) is 9.60. The molecule has 2 aliphatic heterocycles. The van der Waals surface area contributed by atoms with Crippen molar-refractivity contribution in [2.75, 3.05) is 0 Å². The third-order valence-corrected chi connectivity index (χ3v) is 3.12. The van der Waals surface area contributed by atoms with Crippen molar-refractivity contribution >= 4 is 5.78 Å². The van der Waals surface area contributed by atoms with Gasteiger partial charge < -0.3 is 9.47 Å². The largest absolute Gasteiger partial charge is 0.461 e. The summed E-state index contributed by atoms with van der Waals surface area (Å²) in [5.74, 6) is 0.709. The van der Waals surface area contributed by atoms with Crippen LogP contribution in [0.25, 0.3) is 0 Å². The van der Waals surface area contributed by atoms with E-state index in [1.807, 2.05) is 25.1 Å². The molecule has 0 aromatic heterocycles. The molecule has 0 radical (unpaired) electrons. The number of rotatable bonds is 0. The van der Waals surface area contributed by atoms with Gasteiger partial charge in [-0.05, 0) is 38.1 Å². The SMILES string of the molecule is Cc1ccc2c(c1)[C@@]1(C)O[C@H](C=CC1=O)O2. The quantitative estimate of drug-likeness (QED) is 0.666. The van der Waals surface area contributed by atoms with E-state index < -0.39 is 11.9 Å². The van der Waals surface area contributed by atoms with E-state index in [9.17, 15) is 4.79 Å². The minimum absolute atomic E-state index is 0.0288. The average molecular weight is 216 g/mol. The number of aryl methyl sites for hydroxylation is 1. The molecule has 3 nitrogen and oxygen atoms in total. The number of ether oxygens (including phenoxy) is 2. The van der Waals surface area contributed by atoms with E-state index in [4.69, 9.17) is 9.47 Å². The van der Waals surface area contributed by atoms with Gasteiger partial charge in [0.05, 0.1) is 0 Å². The van der Waals surface area contributed by atoms with Crippen LogP contribution in [0.3, 0.4) is 0 Å². The molecule has 0 amide bonds. The second kappa shape index (κ2) is 2.95. The van der Waals surface area contributed by atoms with Crippen LogP contribution in [0.1, 0.15) is 18.1 Å². The minimum Gasteiger partial charge on any atom is -0.461 e. The number of hydrogen-bond donors (Lipinski definition) is 0. The smallest absolute Gasteiger partial charge is 0.221 e. The standard InChI is InChI=1S/C13H12O3/c1-8-3-4-10-9(7-8)13(2)11(14)5-6-12(15-10)16-13/h3-7,12H,1-2H3/t12-,13-/m1/s1. The van der Waals surface area contributed by atoms with E-state index in [2.05, 4.69) is 0 Å². The molecular weight excluding hydrogens is 204 g/mol. The van der Waals surface area contributed by atoms with E-state index in [-0.39, 0.29) is 5.78 Å². The number of ketones is 1. The van der Waals surface area contributed by atoms with Crippen LogP contribution in [-0.4, -0.2) is 12.1 Å². The number of carbonyl (C=O) groups excluding carboxylic acids is 1. The van der Waals surface area contributed by atoms with Gasteiger partial charge in [-0.2, -0.15) is 0 Å². The van der Waals surface area contributed by atoms with E-state index in [0.717, 1.165) is 16.9 Å². The van der Waals surface area contributed by atoms with Gasteiger partial charge in [0.1, 0.15) is 5.75 Å². The summed E-state index contributed by atoms with van der Waals surface area (Å²) in [5.41, 5.74) is 1.02. The highest BCUT2D eigenvalue weighted by Gasteiger charge is 2.45. The molecule has 1 aromatic rings. The zero-order valence-corrected chi connectivity index (χ0v) is 9.19. The van der Waals surface area contributed by atoms with Crippen LogP contribution in [0.5, 0.6) is 5.75 Å². The number of fused-ring (bicyclic) bond motifs is 4. The van der Waals surface area contributed by atoms with Crippen LogP contribution < -0.4 is 4.74 Å². The maximum atomic E-state index is 11.9. The Balaban J connectivity index is 2.24. The van der Waals surface area contributed by atoms with Crippen molar-refractivity contribution in [1.29, 1.82) is 0 Å². The van der Waals surface area contributed by atoms with Gasteiger partial charge in [0.25, 0.3) is 0 Å². The topological polar surface area (TPSA) is 35.5 Å². The fraction of sp³-hybridized carbons (Fsp3) is 0.308. The lowest BCUT2D eigenvalue weighted by atomic mass is 9.86. The second-order valence-electron chi connectivity index (χ2n) is 4.36. The van der Waals surface area contributed by atoms with Crippen LogP contribution >= 0.6 is 0 Å². The molecule has 0 spiro atoms. The van der Waals surface area contributed by atoms with E-state index in [1.54, 1.807) is 19.1 Å². The fourth-order valence-corrected chi connectivity index (χ4v) is 2.16. The molecule has 0 saturated heterocycles. The summed E-state index contributed by atoms with van der Waals surface area (Å²) < 4.78 is 11.3. The molecule has 82 valence electrons. The van der Waals surface area contributed by atoms with Crippen molar-refractivity contribution in [1.82, 2.24) is 0 Å². The number of benzene rings is 1. The molecule has 2 atom stereocenters. The first-order valence-corrected chi connectivity index (χ1v) is 5.28. The van der Waals surface area contributed by atoms with Gasteiger partial charge in [-0.1, -0.05) is 11.6 Å². The van der Waals surface area contributed by atoms with Gasteiger partial charge in [0.2, 0.25) is 6.29 Å². The summed E-state index contributed by atoms with van der Waals surface area (Å²) in [6.07, 6.45) is 2.74. The third kappa shape index (κ3) is 1.15. The highest BCUT2D eigenvalue weighted by atomic mass is 16.7. The normalized spacial score (nSPS) is 30.9. The predicted octanol–water partition coefficient (Wildman–Crippen LogP) is 2.08. The molecule has 0 unspecified atom stereocenters. The maximum absolute atomic E-state index is 11.9. The Morgan fingerprint density at radius 1 is 1.38 bits per heavy atom. The summed E-state index contributed by atoms with van der Waals surface area (Å²) in [4.78, 5) is 11.9. The highest BCUT2D eigenvalue weighted by Crippen LogP contribution is 2.42. The molecule has 16 heavy (non-hydrogen) atoms. The van der Waals surface area contributed by atoms with Crippen LogP contribution in [0.2, 0.25) is 0 Å². The van der Waals surface area contributed by atoms with Crippen LogP contribution in [0.4, 0.5) is 0 Å². The zero-order valence-electron chi connectivity index (χ0n) is 9.19. The van der Waals surface area contributed by atoms with Gasteiger partial charge in [0.15, 0.2) is 11.4 Å². The van der Waals surface area contributed by atoms with Gasteiger partial charge in [-0.15, -0.1) is 0 Å². The predicted molar refractivity (Wildman–Crippen MR) is 58.2 cm³/mol. The van der Waals surface area contributed by atoms with Crippen LogP contribution in [0.15, 0.2) is 30.4 Å². The van der Waals surface area contributed by atoms with E-state index in [1.165, 1.54) is 0 Å². The Morgan fingerprint density at radius 3 is 3.00 bits per heavy atom. The monoisotopic (exact) mass is 216 g/mol. The van der Waals surface area contributed by atoms with Gasteiger partial charge >= 0.3 is 0 Å². The van der Waals surface area contributed by atoms with Crippen molar-refractivity contribution < 1.29 is 14.3 Å². The Bertz CT molecular complexity index is 504. The maximum Gasteiger partial charge on any atom is 0.221 e. The molecular formula is C13H12O3. The first-order valence-electron chi connectivity index (χ1n) is 5.28. The molecule has 0 saturated carbocycles. The summed E-state index contributed by atoms with van der Waals surface area (Å²) in [5, 5.41) is 0. The average Bonchev–Trinajstić information content (AvgIpc) is 2.26. The third-order valence-electron chi connectivity index (χ3n) is 3.12. The van der Waals surface area contributed by atoms with Gasteiger partial charge in [-0.3, -0.25) is 4.79 Å². The van der Waals surface area contributed by atoms with Crippen molar-refractivity contribution in [2.24, 2.45) is 0 Å². The first-order chi connectivity index (χ1) is 7.59. The lowest BCUT2D eigenvalue weighted by Gasteiger charge is -2.40. The Morgan fingerprint density at radius 2 is 2.19 bits per heavy atom. The summed E-state index contributed by atoms with van der Waals surface area (Å²) in [7, 11) is 0. The van der Waals surface area contributed by atoms with Crippen molar-refractivity contribution in [3.8, 4) is 5.75 Å². The molecule has 2 bridgehead atoms. The van der Waals surface area contributed by atoms with Crippen molar-refractivity contribution in [3.05, 3.63) is 41.5 Å². The van der Waals surface area contributed by atoms with Crippen molar-refractivity contribution in [2.45, 2.75) is 25.7 Å². The Labute approximate surface area is 93.7 Å². The molecule has 2 aliphatic rings. The van der Waals surface area contributed by atoms with E-state index in [0.29, 0.717) is 0 Å². The molecule has 0 N–H and O–H groups in total. The summed E-state index contributed by atoms with van der Waals surface area (Å²) in [6.45, 7) is 3.78. The molecule has 2 heterocycles. The molecule has 3 heteroatoms. The van der Waals surface area contributed by atoms with E-state index >= 15 is 0 Å². The summed E-state index contributed by atoms with van der Waals surface area (Å²) >= 11 is 0. The summed E-state index contributed by atoms with van der Waals surface area (Å²) in [6, 6.07) is 5.81. The van der Waals surface area contributed by atoms with Crippen LogP contribution in [0, 0.1) is 6.92 Å². The minimum atomic E-state index is -0.890. The Kier molecular flexibility index (Phi) is 1.77. The van der Waals surface area contributed by atoms with Crippen molar-refractivity contribution in [3.63, 3.8) is 0 Å². The highest BCUT2D eigenvalue weighted by molar-refractivity contribution is 5.99. The molecule has 3 rings (SSSR count). The molecule has 0 fully saturated rings. The lowest BCUT2D eigenvalue weighted by Crippen LogP contribution is -2.46.